The highest BCUT2D eigenvalue weighted by Gasteiger charge is 2.31. The van der Waals surface area contributed by atoms with E-state index in [1.54, 1.807) is 0 Å². The van der Waals surface area contributed by atoms with Gasteiger partial charge in [-0.25, -0.2) is 0 Å². The van der Waals surface area contributed by atoms with Gasteiger partial charge in [-0.1, -0.05) is 12.8 Å². The fourth-order valence-corrected chi connectivity index (χ4v) is 2.31. The average molecular weight is 256 g/mol. The number of carbonyl (C=O) groups excluding carboxylic acids is 1. The van der Waals surface area contributed by atoms with E-state index in [2.05, 4.69) is 5.32 Å². The van der Waals surface area contributed by atoms with Crippen LogP contribution >= 0.6 is 0 Å². The van der Waals surface area contributed by atoms with Crippen molar-refractivity contribution in [1.29, 1.82) is 0 Å². The van der Waals surface area contributed by atoms with Crippen LogP contribution in [0.5, 0.6) is 0 Å². The van der Waals surface area contributed by atoms with Crippen LogP contribution in [0.2, 0.25) is 0 Å². The first-order valence-electron chi connectivity index (χ1n) is 6.60. The highest BCUT2D eigenvalue weighted by Crippen LogP contribution is 2.24. The molecule has 0 aromatic rings. The Hall–Kier alpha value is -1.10. The van der Waals surface area contributed by atoms with Gasteiger partial charge in [0.1, 0.15) is 0 Å². The first-order valence-corrected chi connectivity index (χ1v) is 6.60. The smallest absolute Gasteiger partial charge is 0.308 e. The molecule has 0 aromatic carbocycles. The van der Waals surface area contributed by atoms with E-state index in [1.165, 1.54) is 0 Å². The van der Waals surface area contributed by atoms with Crippen LogP contribution in [0.25, 0.3) is 0 Å². The van der Waals surface area contributed by atoms with Gasteiger partial charge in [0.05, 0.1) is 5.92 Å². The second-order valence-electron chi connectivity index (χ2n) is 5.89. The molecule has 1 aliphatic carbocycles. The molecule has 5 heteroatoms. The first kappa shape index (κ1) is 15.0. The summed E-state index contributed by atoms with van der Waals surface area (Å²) in [6, 6.07) is -0.218. The van der Waals surface area contributed by atoms with Gasteiger partial charge in [-0.3, -0.25) is 9.59 Å². The minimum atomic E-state index is -0.806. The van der Waals surface area contributed by atoms with Crippen LogP contribution in [0.15, 0.2) is 0 Å². The molecule has 0 spiro atoms. The highest BCUT2D eigenvalue weighted by atomic mass is 16.4. The molecule has 0 radical (unpaired) electrons. The van der Waals surface area contributed by atoms with Crippen LogP contribution in [-0.4, -0.2) is 28.6 Å². The van der Waals surface area contributed by atoms with E-state index >= 15 is 0 Å². The van der Waals surface area contributed by atoms with Crippen LogP contribution in [-0.2, 0) is 9.59 Å². The summed E-state index contributed by atoms with van der Waals surface area (Å²) in [5, 5.41) is 12.0. The molecular formula is C13H24N2O3. The van der Waals surface area contributed by atoms with Crippen molar-refractivity contribution in [2.24, 2.45) is 11.7 Å². The second kappa shape index (κ2) is 6.18. The summed E-state index contributed by atoms with van der Waals surface area (Å²) < 4.78 is 0. The molecule has 18 heavy (non-hydrogen) atoms. The molecule has 104 valence electrons. The summed E-state index contributed by atoms with van der Waals surface area (Å²) in [4.78, 5) is 22.9. The van der Waals surface area contributed by atoms with Crippen LogP contribution in [0.3, 0.4) is 0 Å². The summed E-state index contributed by atoms with van der Waals surface area (Å²) in [5.41, 5.74) is 5.45. The molecule has 1 saturated carbocycles. The van der Waals surface area contributed by atoms with E-state index in [9.17, 15) is 9.59 Å². The van der Waals surface area contributed by atoms with Crippen molar-refractivity contribution >= 4 is 11.9 Å². The van der Waals surface area contributed by atoms with E-state index < -0.39 is 11.9 Å². The molecule has 5 nitrogen and oxygen atoms in total. The van der Waals surface area contributed by atoms with Gasteiger partial charge in [0.2, 0.25) is 5.91 Å². The lowest BCUT2D eigenvalue weighted by atomic mass is 9.84. The number of carbonyl (C=O) groups is 2. The van der Waals surface area contributed by atoms with E-state index in [0.29, 0.717) is 19.3 Å². The predicted molar refractivity (Wildman–Crippen MR) is 69.0 cm³/mol. The predicted octanol–water partition coefficient (Wildman–Crippen LogP) is 1.26. The summed E-state index contributed by atoms with van der Waals surface area (Å²) in [7, 11) is 0. The number of aliphatic carboxylic acids is 1. The first-order chi connectivity index (χ1) is 8.29. The summed E-state index contributed by atoms with van der Waals surface area (Å²) >= 11 is 0. The van der Waals surface area contributed by atoms with Gasteiger partial charge < -0.3 is 16.2 Å². The van der Waals surface area contributed by atoms with Gasteiger partial charge in [0.25, 0.3) is 0 Å². The Bertz CT molecular complexity index is 310. The normalized spacial score (nSPS) is 24.6. The molecule has 1 amide bonds. The number of carboxylic acid groups (broad SMARTS) is 1. The molecule has 2 unspecified atom stereocenters. The lowest BCUT2D eigenvalue weighted by Gasteiger charge is -2.29. The molecule has 0 saturated heterocycles. The fraction of sp³-hybridized carbons (Fsp3) is 0.846. The number of carboxylic acids is 1. The van der Waals surface area contributed by atoms with Crippen molar-refractivity contribution in [1.82, 2.24) is 5.32 Å². The van der Waals surface area contributed by atoms with Crippen LogP contribution < -0.4 is 11.1 Å². The summed E-state index contributed by atoms with van der Waals surface area (Å²) in [6.07, 6.45) is 4.28. The molecule has 0 aromatic heterocycles. The second-order valence-corrected chi connectivity index (χ2v) is 5.89. The maximum Gasteiger partial charge on any atom is 0.308 e. The van der Waals surface area contributed by atoms with Crippen molar-refractivity contribution in [3.63, 3.8) is 0 Å². The third-order valence-corrected chi connectivity index (χ3v) is 3.43. The number of hydrogen-bond acceptors (Lipinski definition) is 3. The Labute approximate surface area is 108 Å². The van der Waals surface area contributed by atoms with Crippen molar-refractivity contribution in [2.75, 3.05) is 0 Å². The molecule has 0 aliphatic heterocycles. The zero-order valence-electron chi connectivity index (χ0n) is 11.2. The maximum atomic E-state index is 11.8. The van der Waals surface area contributed by atoms with E-state index in [0.717, 1.165) is 19.3 Å². The number of rotatable bonds is 5. The van der Waals surface area contributed by atoms with Gasteiger partial charge in [-0.05, 0) is 33.1 Å². The van der Waals surface area contributed by atoms with Crippen molar-refractivity contribution in [3.8, 4) is 0 Å². The monoisotopic (exact) mass is 256 g/mol. The molecule has 4 N–H and O–H groups in total. The molecule has 2 atom stereocenters. The zero-order chi connectivity index (χ0) is 13.8. The molecular weight excluding hydrogens is 232 g/mol. The number of nitrogens with one attached hydrogen (secondary N) is 1. The Morgan fingerprint density at radius 2 is 1.94 bits per heavy atom. The van der Waals surface area contributed by atoms with Crippen LogP contribution in [0, 0.1) is 5.92 Å². The van der Waals surface area contributed by atoms with Gasteiger partial charge >= 0.3 is 5.97 Å². The van der Waals surface area contributed by atoms with Crippen molar-refractivity contribution < 1.29 is 14.7 Å². The lowest BCUT2D eigenvalue weighted by Crippen LogP contribution is -2.45. The van der Waals surface area contributed by atoms with Crippen molar-refractivity contribution in [3.05, 3.63) is 0 Å². The molecule has 1 fully saturated rings. The van der Waals surface area contributed by atoms with E-state index in [-0.39, 0.29) is 17.5 Å². The molecule has 1 rings (SSSR count). The van der Waals surface area contributed by atoms with Crippen LogP contribution in [0.1, 0.15) is 52.4 Å². The molecule has 0 heterocycles. The van der Waals surface area contributed by atoms with E-state index in [4.69, 9.17) is 10.8 Å². The minimum absolute atomic E-state index is 0.0910. The molecule has 1 aliphatic rings. The largest absolute Gasteiger partial charge is 0.481 e. The van der Waals surface area contributed by atoms with E-state index in [1.807, 2.05) is 13.8 Å². The Morgan fingerprint density at radius 1 is 1.33 bits per heavy atom. The SMILES string of the molecule is CC(C)(N)CCC(=O)NC1CCCCC1C(=O)O. The topological polar surface area (TPSA) is 92.4 Å². The van der Waals surface area contributed by atoms with Crippen LogP contribution in [0.4, 0.5) is 0 Å². The number of hydrogen-bond donors (Lipinski definition) is 3. The number of nitrogens with two attached hydrogens (primary N) is 1. The Morgan fingerprint density at radius 3 is 2.50 bits per heavy atom. The Kier molecular flexibility index (Phi) is 5.14. The quantitative estimate of drug-likeness (QED) is 0.690. The number of amides is 1. The average Bonchev–Trinajstić information content (AvgIpc) is 2.26. The highest BCUT2D eigenvalue weighted by molar-refractivity contribution is 5.78. The minimum Gasteiger partial charge on any atom is -0.481 e. The van der Waals surface area contributed by atoms with Gasteiger partial charge in [0.15, 0.2) is 0 Å². The fourth-order valence-electron chi connectivity index (χ4n) is 2.31. The third-order valence-electron chi connectivity index (χ3n) is 3.43. The molecule has 0 bridgehead atoms. The van der Waals surface area contributed by atoms with Gasteiger partial charge in [-0.15, -0.1) is 0 Å². The van der Waals surface area contributed by atoms with Gasteiger partial charge in [0, 0.05) is 18.0 Å². The standard InChI is InChI=1S/C13H24N2O3/c1-13(2,14)8-7-11(16)15-10-6-4-3-5-9(10)12(17)18/h9-10H,3-8,14H2,1-2H3,(H,15,16)(H,17,18). The Balaban J connectivity index is 2.44. The summed E-state index contributed by atoms with van der Waals surface area (Å²) in [6.45, 7) is 3.75. The van der Waals surface area contributed by atoms with Crippen molar-refractivity contribution in [2.45, 2.75) is 64.0 Å². The lowest BCUT2D eigenvalue weighted by molar-refractivity contribution is -0.144. The summed E-state index contributed by atoms with van der Waals surface area (Å²) in [5.74, 6) is -1.33. The zero-order valence-corrected chi connectivity index (χ0v) is 11.2. The maximum absolute atomic E-state index is 11.8. The third kappa shape index (κ3) is 5.04. The van der Waals surface area contributed by atoms with Gasteiger partial charge in [-0.2, -0.15) is 0 Å².